The highest BCUT2D eigenvalue weighted by atomic mass is 32.2. The van der Waals surface area contributed by atoms with Crippen molar-refractivity contribution < 1.29 is 0 Å². The van der Waals surface area contributed by atoms with E-state index in [2.05, 4.69) is 17.6 Å². The summed E-state index contributed by atoms with van der Waals surface area (Å²) in [4.78, 5) is 0. The molecule has 1 heterocycles. The number of rotatable bonds is 1. The van der Waals surface area contributed by atoms with E-state index in [1.54, 1.807) is 0 Å². The molecule has 0 aromatic carbocycles. The molecule has 1 N–H and O–H groups in total. The highest BCUT2D eigenvalue weighted by molar-refractivity contribution is 7.99. The van der Waals surface area contributed by atoms with Crippen LogP contribution in [0.25, 0.3) is 0 Å². The van der Waals surface area contributed by atoms with Gasteiger partial charge in [-0.25, -0.2) is 0 Å². The summed E-state index contributed by atoms with van der Waals surface area (Å²) in [5.41, 5.74) is 0. The smallest absolute Gasteiger partial charge is 0.0749 e. The molecule has 0 amide bonds. The van der Waals surface area contributed by atoms with Gasteiger partial charge in [-0.3, -0.25) is 0 Å². The van der Waals surface area contributed by atoms with Gasteiger partial charge in [-0.05, 0) is 18.9 Å². The zero-order valence-electron chi connectivity index (χ0n) is 4.35. The summed E-state index contributed by atoms with van der Waals surface area (Å²) in [6, 6.07) is 0. The molecular weight excluding hydrogens is 106 g/mol. The standard InChI is InChI=1S/C5H9NS/c1-7-5-3-2-4-6-5/h2,4-6H,3H2,1H3. The molecule has 0 aromatic heterocycles. The van der Waals surface area contributed by atoms with Gasteiger partial charge in [0, 0.05) is 0 Å². The second-order valence-electron chi connectivity index (χ2n) is 1.53. The minimum atomic E-state index is 0.653. The van der Waals surface area contributed by atoms with Gasteiger partial charge >= 0.3 is 0 Å². The average Bonchev–Trinajstić information content (AvgIpc) is 2.14. The molecule has 7 heavy (non-hydrogen) atoms. The fourth-order valence-corrected chi connectivity index (χ4v) is 1.12. The summed E-state index contributed by atoms with van der Waals surface area (Å²) in [6.45, 7) is 0. The van der Waals surface area contributed by atoms with E-state index in [1.807, 2.05) is 18.0 Å². The van der Waals surface area contributed by atoms with Crippen molar-refractivity contribution in [3.8, 4) is 0 Å². The minimum Gasteiger partial charge on any atom is -0.379 e. The van der Waals surface area contributed by atoms with E-state index in [-0.39, 0.29) is 0 Å². The van der Waals surface area contributed by atoms with E-state index in [4.69, 9.17) is 0 Å². The molecule has 40 valence electrons. The van der Waals surface area contributed by atoms with Crippen LogP contribution in [0.4, 0.5) is 0 Å². The Bertz CT molecular complexity index is 72.1. The molecule has 2 heteroatoms. The molecule has 0 bridgehead atoms. The normalized spacial score (nSPS) is 27.9. The second-order valence-corrected chi connectivity index (χ2v) is 2.57. The predicted octanol–water partition coefficient (Wildman–Crippen LogP) is 1.18. The van der Waals surface area contributed by atoms with Crippen molar-refractivity contribution in [2.24, 2.45) is 0 Å². The zero-order chi connectivity index (χ0) is 5.11. The van der Waals surface area contributed by atoms with Crippen molar-refractivity contribution in [3.63, 3.8) is 0 Å². The van der Waals surface area contributed by atoms with Crippen LogP contribution in [0.2, 0.25) is 0 Å². The van der Waals surface area contributed by atoms with Crippen LogP contribution in [0, 0.1) is 0 Å². The Morgan fingerprint density at radius 3 is 3.00 bits per heavy atom. The van der Waals surface area contributed by atoms with Gasteiger partial charge in [0.2, 0.25) is 0 Å². The van der Waals surface area contributed by atoms with E-state index in [0.717, 1.165) is 0 Å². The fourth-order valence-electron chi connectivity index (χ4n) is 0.599. The molecule has 0 aliphatic carbocycles. The Balaban J connectivity index is 2.22. The van der Waals surface area contributed by atoms with Crippen LogP contribution in [-0.4, -0.2) is 11.6 Å². The molecule has 1 unspecified atom stereocenters. The summed E-state index contributed by atoms with van der Waals surface area (Å²) < 4.78 is 0. The lowest BCUT2D eigenvalue weighted by molar-refractivity contribution is 0.851. The van der Waals surface area contributed by atoms with Crippen molar-refractivity contribution in [3.05, 3.63) is 12.3 Å². The van der Waals surface area contributed by atoms with Crippen LogP contribution in [0.5, 0.6) is 0 Å². The summed E-state index contributed by atoms with van der Waals surface area (Å²) >= 11 is 1.86. The zero-order valence-corrected chi connectivity index (χ0v) is 5.16. The van der Waals surface area contributed by atoms with Crippen molar-refractivity contribution in [2.45, 2.75) is 11.8 Å². The quantitative estimate of drug-likeness (QED) is 0.550. The van der Waals surface area contributed by atoms with Crippen LogP contribution < -0.4 is 5.32 Å². The molecule has 0 spiro atoms. The predicted molar refractivity (Wildman–Crippen MR) is 34.2 cm³/mol. The maximum absolute atomic E-state index is 3.19. The minimum absolute atomic E-state index is 0.653. The molecule has 0 saturated carbocycles. The highest BCUT2D eigenvalue weighted by Crippen LogP contribution is 2.11. The molecule has 0 aromatic rings. The summed E-state index contributed by atoms with van der Waals surface area (Å²) in [5, 5.41) is 3.84. The molecule has 1 aliphatic heterocycles. The third-order valence-electron chi connectivity index (χ3n) is 1.03. The van der Waals surface area contributed by atoms with Gasteiger partial charge < -0.3 is 5.32 Å². The topological polar surface area (TPSA) is 12.0 Å². The number of hydrogen-bond acceptors (Lipinski definition) is 2. The Labute approximate surface area is 48.2 Å². The van der Waals surface area contributed by atoms with Crippen LogP contribution in [-0.2, 0) is 0 Å². The molecule has 0 saturated heterocycles. The summed E-state index contributed by atoms with van der Waals surface area (Å²) in [7, 11) is 0. The lowest BCUT2D eigenvalue weighted by Gasteiger charge is -2.03. The number of hydrogen-bond donors (Lipinski definition) is 1. The van der Waals surface area contributed by atoms with E-state index < -0.39 is 0 Å². The van der Waals surface area contributed by atoms with Crippen molar-refractivity contribution in [2.75, 3.05) is 6.26 Å². The van der Waals surface area contributed by atoms with Gasteiger partial charge in [-0.1, -0.05) is 6.08 Å². The molecule has 1 atom stereocenters. The van der Waals surface area contributed by atoms with Crippen LogP contribution >= 0.6 is 11.8 Å². The first-order chi connectivity index (χ1) is 3.43. The number of nitrogens with one attached hydrogen (secondary N) is 1. The highest BCUT2D eigenvalue weighted by Gasteiger charge is 2.03. The van der Waals surface area contributed by atoms with Gasteiger partial charge in [0.25, 0.3) is 0 Å². The largest absolute Gasteiger partial charge is 0.379 e. The maximum Gasteiger partial charge on any atom is 0.0749 e. The van der Waals surface area contributed by atoms with E-state index in [0.29, 0.717) is 5.37 Å². The first kappa shape index (κ1) is 5.04. The van der Waals surface area contributed by atoms with Gasteiger partial charge in [-0.2, -0.15) is 0 Å². The Kier molecular flexibility index (Phi) is 1.63. The van der Waals surface area contributed by atoms with Crippen LogP contribution in [0.15, 0.2) is 12.3 Å². The molecule has 1 aliphatic rings. The SMILES string of the molecule is CSC1CC=CN1. The molecule has 0 fully saturated rings. The van der Waals surface area contributed by atoms with Gasteiger partial charge in [-0.15, -0.1) is 11.8 Å². The van der Waals surface area contributed by atoms with Crippen LogP contribution in [0.3, 0.4) is 0 Å². The first-order valence-electron chi connectivity index (χ1n) is 2.37. The maximum atomic E-state index is 3.19. The van der Waals surface area contributed by atoms with E-state index in [1.165, 1.54) is 6.42 Å². The third-order valence-corrected chi connectivity index (χ3v) is 1.93. The average molecular weight is 115 g/mol. The molecule has 0 radical (unpaired) electrons. The van der Waals surface area contributed by atoms with Gasteiger partial charge in [0.05, 0.1) is 5.37 Å². The van der Waals surface area contributed by atoms with Gasteiger partial charge in [0.15, 0.2) is 0 Å². The van der Waals surface area contributed by atoms with Gasteiger partial charge in [0.1, 0.15) is 0 Å². The monoisotopic (exact) mass is 115 g/mol. The number of thioether (sulfide) groups is 1. The Morgan fingerprint density at radius 2 is 2.71 bits per heavy atom. The van der Waals surface area contributed by atoms with Crippen molar-refractivity contribution in [1.29, 1.82) is 0 Å². The lowest BCUT2D eigenvalue weighted by atomic mass is 10.5. The van der Waals surface area contributed by atoms with E-state index >= 15 is 0 Å². The fraction of sp³-hybridized carbons (Fsp3) is 0.600. The lowest BCUT2D eigenvalue weighted by Crippen LogP contribution is -2.12. The third kappa shape index (κ3) is 1.13. The van der Waals surface area contributed by atoms with Crippen molar-refractivity contribution >= 4 is 11.8 Å². The van der Waals surface area contributed by atoms with Crippen molar-refractivity contribution in [1.82, 2.24) is 5.32 Å². The summed E-state index contributed by atoms with van der Waals surface area (Å²) in [6.07, 6.45) is 7.47. The second kappa shape index (κ2) is 2.26. The Morgan fingerprint density at radius 1 is 1.86 bits per heavy atom. The Hall–Kier alpha value is -0.110. The molecule has 1 nitrogen and oxygen atoms in total. The molecular formula is C5H9NS. The molecule has 1 rings (SSSR count). The summed E-state index contributed by atoms with van der Waals surface area (Å²) in [5.74, 6) is 0. The van der Waals surface area contributed by atoms with Crippen LogP contribution in [0.1, 0.15) is 6.42 Å². The first-order valence-corrected chi connectivity index (χ1v) is 3.66. The van der Waals surface area contributed by atoms with E-state index in [9.17, 15) is 0 Å².